The summed E-state index contributed by atoms with van der Waals surface area (Å²) in [5.41, 5.74) is -0.935. The Morgan fingerprint density at radius 3 is 2.43 bits per heavy atom. The Morgan fingerprint density at radius 1 is 1.07 bits per heavy atom. The molecule has 0 aliphatic carbocycles. The predicted molar refractivity (Wildman–Crippen MR) is 106 cm³/mol. The average Bonchev–Trinajstić information content (AvgIpc) is 2.71. The van der Waals surface area contributed by atoms with Crippen LogP contribution in [0.1, 0.15) is 11.1 Å². The lowest BCUT2D eigenvalue weighted by Gasteiger charge is -2.12. The number of rotatable bonds is 4. The highest BCUT2D eigenvalue weighted by molar-refractivity contribution is 7.92. The minimum Gasteiger partial charge on any atom is -0.480 e. The molecular formula is C18H10Cl2F2N4O3S. The number of ether oxygens (including phenoxy) is 1. The molecule has 154 valence electrons. The molecule has 0 aliphatic heterocycles. The second-order valence-corrected chi connectivity index (χ2v) is 7.97. The van der Waals surface area contributed by atoms with Gasteiger partial charge < -0.3 is 4.74 Å². The summed E-state index contributed by atoms with van der Waals surface area (Å²) in [7, 11) is -3.16. The van der Waals surface area contributed by atoms with Crippen LogP contribution in [0.4, 0.5) is 14.5 Å². The monoisotopic (exact) mass is 470 g/mol. The van der Waals surface area contributed by atoms with E-state index in [1.165, 1.54) is 25.7 Å². The number of nitrogens with zero attached hydrogens (tertiary/aromatic N) is 3. The summed E-state index contributed by atoms with van der Waals surface area (Å²) < 4.78 is 61.2. The highest BCUT2D eigenvalue weighted by Gasteiger charge is 2.24. The van der Waals surface area contributed by atoms with Gasteiger partial charge in [-0.2, -0.15) is 0 Å². The molecule has 30 heavy (non-hydrogen) atoms. The summed E-state index contributed by atoms with van der Waals surface area (Å²) in [6, 6.07) is 2.87. The number of aromatic nitrogens is 3. The summed E-state index contributed by atoms with van der Waals surface area (Å²) in [5, 5.41) is 0.00717. The third kappa shape index (κ3) is 4.76. The van der Waals surface area contributed by atoms with Crippen molar-refractivity contribution < 1.29 is 21.9 Å². The molecule has 2 aromatic heterocycles. The van der Waals surface area contributed by atoms with E-state index < -0.39 is 37.8 Å². The van der Waals surface area contributed by atoms with Gasteiger partial charge in [-0.15, -0.1) is 0 Å². The van der Waals surface area contributed by atoms with E-state index in [1.54, 1.807) is 0 Å². The van der Waals surface area contributed by atoms with Gasteiger partial charge in [-0.1, -0.05) is 23.4 Å². The zero-order valence-corrected chi connectivity index (χ0v) is 17.3. The molecule has 0 saturated carbocycles. The zero-order valence-electron chi connectivity index (χ0n) is 15.0. The Bertz CT molecular complexity index is 1280. The van der Waals surface area contributed by atoms with Crippen LogP contribution in [0.3, 0.4) is 0 Å². The first-order valence-electron chi connectivity index (χ1n) is 7.91. The average molecular weight is 471 g/mol. The van der Waals surface area contributed by atoms with Crippen LogP contribution < -0.4 is 9.46 Å². The lowest BCUT2D eigenvalue weighted by Crippen LogP contribution is -2.16. The van der Waals surface area contributed by atoms with E-state index in [2.05, 4.69) is 26.8 Å². The molecule has 3 rings (SSSR count). The molecule has 0 radical (unpaired) electrons. The molecule has 1 N–H and O–H groups in total. The number of pyridine rings is 1. The fourth-order valence-corrected chi connectivity index (χ4v) is 3.74. The lowest BCUT2D eigenvalue weighted by molar-refractivity contribution is 0.385. The first-order valence-corrected chi connectivity index (χ1v) is 10.1. The van der Waals surface area contributed by atoms with E-state index in [0.29, 0.717) is 0 Å². The summed E-state index contributed by atoms with van der Waals surface area (Å²) in [4.78, 5) is 10.7. The largest absolute Gasteiger partial charge is 0.480 e. The van der Waals surface area contributed by atoms with E-state index in [0.717, 1.165) is 18.2 Å². The van der Waals surface area contributed by atoms with Gasteiger partial charge in [0.2, 0.25) is 11.2 Å². The van der Waals surface area contributed by atoms with Crippen LogP contribution in [-0.4, -0.2) is 30.5 Å². The molecule has 3 aromatic rings. The van der Waals surface area contributed by atoms with Gasteiger partial charge in [-0.25, -0.2) is 32.2 Å². The summed E-state index contributed by atoms with van der Waals surface area (Å²) in [6.45, 7) is 0. The number of hydrogen-bond acceptors (Lipinski definition) is 6. The standard InChI is InChI=1S/C18H10Cl2F2N4O3S/c1-29-17-15(6-11(19)9-23-17)30(27,28)26-14-5-4-13(21)12(16(14)22)3-2-10-7-24-18(20)25-8-10/h4-9,26H,1H3. The normalized spacial score (nSPS) is 10.8. The highest BCUT2D eigenvalue weighted by Crippen LogP contribution is 2.28. The van der Waals surface area contributed by atoms with Crippen molar-refractivity contribution in [3.63, 3.8) is 0 Å². The molecule has 0 bridgehead atoms. The molecule has 7 nitrogen and oxygen atoms in total. The fraction of sp³-hybridized carbons (Fsp3) is 0.0556. The van der Waals surface area contributed by atoms with Crippen LogP contribution in [0.5, 0.6) is 5.88 Å². The highest BCUT2D eigenvalue weighted by atomic mass is 35.5. The Balaban J connectivity index is 2.00. The Hall–Kier alpha value is -3.00. The molecule has 0 unspecified atom stereocenters. The second-order valence-electron chi connectivity index (χ2n) is 5.54. The van der Waals surface area contributed by atoms with Crippen molar-refractivity contribution >= 4 is 38.9 Å². The minimum absolute atomic E-state index is 0.0137. The zero-order chi connectivity index (χ0) is 21.9. The van der Waals surface area contributed by atoms with Crippen molar-refractivity contribution in [2.24, 2.45) is 0 Å². The SMILES string of the molecule is COc1ncc(Cl)cc1S(=O)(=O)Nc1ccc(F)c(C#Cc2cnc(Cl)nc2)c1F. The molecule has 0 atom stereocenters. The number of nitrogens with one attached hydrogen (secondary N) is 1. The fourth-order valence-electron chi connectivity index (χ4n) is 2.21. The molecule has 2 heterocycles. The summed E-state index contributed by atoms with van der Waals surface area (Å²) >= 11 is 11.4. The first kappa shape index (κ1) is 21.7. The lowest BCUT2D eigenvalue weighted by atomic mass is 10.1. The molecule has 0 spiro atoms. The van der Waals surface area contributed by atoms with Crippen molar-refractivity contribution in [3.05, 3.63) is 69.9 Å². The van der Waals surface area contributed by atoms with Crippen LogP contribution in [-0.2, 0) is 10.0 Å². The summed E-state index contributed by atoms with van der Waals surface area (Å²) in [6.07, 6.45) is 3.72. The van der Waals surface area contributed by atoms with Gasteiger partial charge in [0.05, 0.1) is 28.9 Å². The van der Waals surface area contributed by atoms with E-state index in [-0.39, 0.29) is 21.7 Å². The van der Waals surface area contributed by atoms with Gasteiger partial charge in [0.25, 0.3) is 10.0 Å². The van der Waals surface area contributed by atoms with Crippen molar-refractivity contribution in [2.45, 2.75) is 4.90 Å². The maximum Gasteiger partial charge on any atom is 0.267 e. The molecule has 0 fully saturated rings. The van der Waals surface area contributed by atoms with Crippen LogP contribution in [0.2, 0.25) is 10.3 Å². The topological polar surface area (TPSA) is 94.1 Å². The first-order chi connectivity index (χ1) is 14.2. The smallest absolute Gasteiger partial charge is 0.267 e. The van der Waals surface area contributed by atoms with E-state index in [1.807, 2.05) is 4.72 Å². The van der Waals surface area contributed by atoms with Crippen LogP contribution in [0, 0.1) is 23.5 Å². The number of anilines is 1. The predicted octanol–water partition coefficient (Wildman–Crippen LogP) is 3.67. The minimum atomic E-state index is -4.37. The number of methoxy groups -OCH3 is 1. The maximum absolute atomic E-state index is 14.8. The molecule has 0 amide bonds. The number of sulfonamides is 1. The molecule has 0 aliphatic rings. The van der Waals surface area contributed by atoms with Crippen LogP contribution in [0.25, 0.3) is 0 Å². The van der Waals surface area contributed by atoms with Crippen molar-refractivity contribution in [1.29, 1.82) is 0 Å². The van der Waals surface area contributed by atoms with Gasteiger partial charge in [0.15, 0.2) is 10.7 Å². The van der Waals surface area contributed by atoms with Crippen molar-refractivity contribution in [1.82, 2.24) is 15.0 Å². The Kier molecular flexibility index (Phi) is 6.36. The van der Waals surface area contributed by atoms with E-state index in [9.17, 15) is 17.2 Å². The third-order valence-corrected chi connectivity index (χ3v) is 5.32. The van der Waals surface area contributed by atoms with Gasteiger partial charge in [-0.3, -0.25) is 4.72 Å². The second kappa shape index (κ2) is 8.79. The van der Waals surface area contributed by atoms with Gasteiger partial charge in [-0.05, 0) is 29.8 Å². The Labute approximate surface area is 180 Å². The maximum atomic E-state index is 14.8. The molecular weight excluding hydrogens is 461 g/mol. The molecule has 1 aromatic carbocycles. The van der Waals surface area contributed by atoms with Crippen LogP contribution in [0.15, 0.2) is 41.7 Å². The van der Waals surface area contributed by atoms with Crippen LogP contribution >= 0.6 is 23.2 Å². The van der Waals surface area contributed by atoms with Gasteiger partial charge >= 0.3 is 0 Å². The molecule has 12 heteroatoms. The number of benzene rings is 1. The summed E-state index contributed by atoms with van der Waals surface area (Å²) in [5.74, 6) is 2.33. The van der Waals surface area contributed by atoms with Gasteiger partial charge in [0.1, 0.15) is 5.82 Å². The Morgan fingerprint density at radius 2 is 1.77 bits per heavy atom. The number of hydrogen-bond donors (Lipinski definition) is 1. The third-order valence-electron chi connectivity index (χ3n) is 3.56. The van der Waals surface area contributed by atoms with Crippen molar-refractivity contribution in [2.75, 3.05) is 11.8 Å². The quantitative estimate of drug-likeness (QED) is 0.461. The number of halogens is 4. The van der Waals surface area contributed by atoms with Gasteiger partial charge in [0, 0.05) is 18.6 Å². The van der Waals surface area contributed by atoms with Crippen molar-refractivity contribution in [3.8, 4) is 17.7 Å². The van der Waals surface area contributed by atoms with E-state index >= 15 is 0 Å². The molecule has 0 saturated heterocycles. The van der Waals surface area contributed by atoms with E-state index in [4.69, 9.17) is 27.9 Å².